The molecule has 1 saturated heterocycles. The average molecular weight is 261 g/mol. The summed E-state index contributed by atoms with van der Waals surface area (Å²) in [4.78, 5) is 24.9. The first-order valence-electron chi connectivity index (χ1n) is 6.64. The van der Waals surface area contributed by atoms with Crippen LogP contribution in [0.15, 0.2) is 24.3 Å². The molecule has 1 atom stereocenters. The molecule has 1 fully saturated rings. The van der Waals surface area contributed by atoms with Gasteiger partial charge in [-0.15, -0.1) is 0 Å². The summed E-state index contributed by atoms with van der Waals surface area (Å²) in [5.74, 6) is -0.753. The van der Waals surface area contributed by atoms with Crippen molar-refractivity contribution >= 4 is 11.9 Å². The highest BCUT2D eigenvalue weighted by Crippen LogP contribution is 2.33. The molecule has 0 spiro atoms. The normalized spacial score (nSPS) is 18.9. The summed E-state index contributed by atoms with van der Waals surface area (Å²) >= 11 is 0. The van der Waals surface area contributed by atoms with E-state index in [1.807, 2.05) is 30.9 Å². The molecule has 19 heavy (non-hydrogen) atoms. The van der Waals surface area contributed by atoms with Gasteiger partial charge < -0.3 is 10.0 Å². The second-order valence-corrected chi connectivity index (χ2v) is 5.27. The monoisotopic (exact) mass is 261 g/mol. The Kier molecular flexibility index (Phi) is 3.88. The maximum atomic E-state index is 12.1. The molecule has 1 aromatic rings. The summed E-state index contributed by atoms with van der Waals surface area (Å²) in [6.45, 7) is 4.61. The molecule has 4 nitrogen and oxygen atoms in total. The Morgan fingerprint density at radius 1 is 1.26 bits per heavy atom. The van der Waals surface area contributed by atoms with Crippen LogP contribution in [0.3, 0.4) is 0 Å². The second-order valence-electron chi connectivity index (χ2n) is 5.27. The van der Waals surface area contributed by atoms with Gasteiger partial charge in [0.1, 0.15) is 0 Å². The number of aromatic carboxylic acids is 1. The van der Waals surface area contributed by atoms with Gasteiger partial charge in [0.2, 0.25) is 5.91 Å². The van der Waals surface area contributed by atoms with E-state index in [-0.39, 0.29) is 23.4 Å². The molecule has 0 radical (unpaired) electrons. The lowest BCUT2D eigenvalue weighted by molar-refractivity contribution is -0.135. The van der Waals surface area contributed by atoms with Crippen molar-refractivity contribution in [3.8, 4) is 0 Å². The lowest BCUT2D eigenvalue weighted by atomic mass is 10.0. The molecule has 1 amide bonds. The predicted octanol–water partition coefficient (Wildman–Crippen LogP) is 2.70. The largest absolute Gasteiger partial charge is 0.478 e. The summed E-state index contributed by atoms with van der Waals surface area (Å²) < 4.78 is 0. The van der Waals surface area contributed by atoms with Crippen LogP contribution in [0.1, 0.15) is 48.7 Å². The topological polar surface area (TPSA) is 57.6 Å². The van der Waals surface area contributed by atoms with Crippen molar-refractivity contribution in [2.24, 2.45) is 5.92 Å². The summed E-state index contributed by atoms with van der Waals surface area (Å²) in [5.41, 5.74) is 1.31. The Labute approximate surface area is 113 Å². The van der Waals surface area contributed by atoms with Crippen LogP contribution in [0, 0.1) is 5.92 Å². The smallest absolute Gasteiger partial charge is 0.335 e. The highest BCUT2D eigenvalue weighted by molar-refractivity contribution is 5.87. The number of carboxylic acid groups (broad SMARTS) is 1. The number of carbonyl (C=O) groups is 2. The molecule has 102 valence electrons. The summed E-state index contributed by atoms with van der Waals surface area (Å²) in [7, 11) is 0. The van der Waals surface area contributed by atoms with Crippen molar-refractivity contribution < 1.29 is 14.7 Å². The van der Waals surface area contributed by atoms with E-state index in [1.54, 1.807) is 12.1 Å². The Bertz CT molecular complexity index is 479. The van der Waals surface area contributed by atoms with Crippen molar-refractivity contribution in [3.05, 3.63) is 35.4 Å². The highest BCUT2D eigenvalue weighted by atomic mass is 16.4. The van der Waals surface area contributed by atoms with Crippen LogP contribution in [0.5, 0.6) is 0 Å². The molecule has 0 aromatic heterocycles. The number of carboxylic acids is 1. The van der Waals surface area contributed by atoms with Crippen molar-refractivity contribution in [1.82, 2.24) is 4.90 Å². The maximum Gasteiger partial charge on any atom is 0.335 e. The predicted molar refractivity (Wildman–Crippen MR) is 71.9 cm³/mol. The summed E-state index contributed by atoms with van der Waals surface area (Å²) in [6, 6.07) is 6.94. The summed E-state index contributed by atoms with van der Waals surface area (Å²) in [6.07, 6.45) is 1.95. The Morgan fingerprint density at radius 2 is 1.89 bits per heavy atom. The molecule has 1 aromatic carbocycles. The molecule has 0 bridgehead atoms. The minimum Gasteiger partial charge on any atom is -0.478 e. The third-order valence-corrected chi connectivity index (χ3v) is 3.57. The van der Waals surface area contributed by atoms with Crippen LogP contribution < -0.4 is 0 Å². The van der Waals surface area contributed by atoms with Gasteiger partial charge in [0, 0.05) is 12.5 Å². The number of likely N-dealkylation sites (tertiary alicyclic amines) is 1. The standard InChI is InChI=1S/C15H19NO3/c1-10(2)14(17)16-9-3-4-13(16)11-5-7-12(8-6-11)15(18)19/h5-8,10,13H,3-4,9H2,1-2H3,(H,18,19). The van der Waals surface area contributed by atoms with Crippen LogP contribution in [0.25, 0.3) is 0 Å². The van der Waals surface area contributed by atoms with Crippen molar-refractivity contribution in [3.63, 3.8) is 0 Å². The molecule has 1 heterocycles. The number of hydrogen-bond donors (Lipinski definition) is 1. The van der Waals surface area contributed by atoms with Crippen molar-refractivity contribution in [1.29, 1.82) is 0 Å². The van der Waals surface area contributed by atoms with Gasteiger partial charge in [0.05, 0.1) is 11.6 Å². The zero-order chi connectivity index (χ0) is 14.0. The van der Waals surface area contributed by atoms with E-state index in [0.717, 1.165) is 24.9 Å². The Balaban J connectivity index is 2.20. The fraction of sp³-hybridized carbons (Fsp3) is 0.467. The zero-order valence-corrected chi connectivity index (χ0v) is 11.3. The number of nitrogens with zero attached hydrogens (tertiary/aromatic N) is 1. The molecule has 1 unspecified atom stereocenters. The molecule has 1 aliphatic heterocycles. The quantitative estimate of drug-likeness (QED) is 0.910. The number of benzene rings is 1. The van der Waals surface area contributed by atoms with Crippen LogP contribution >= 0.6 is 0 Å². The fourth-order valence-corrected chi connectivity index (χ4v) is 2.56. The summed E-state index contributed by atoms with van der Waals surface area (Å²) in [5, 5.41) is 8.89. The molecule has 4 heteroatoms. The SMILES string of the molecule is CC(C)C(=O)N1CCCC1c1ccc(C(=O)O)cc1. The third-order valence-electron chi connectivity index (χ3n) is 3.57. The van der Waals surface area contributed by atoms with Crippen molar-refractivity contribution in [2.45, 2.75) is 32.7 Å². The molecule has 0 aliphatic carbocycles. The van der Waals surface area contributed by atoms with Gasteiger partial charge in [0.25, 0.3) is 0 Å². The molecular formula is C15H19NO3. The van der Waals surface area contributed by atoms with Gasteiger partial charge in [-0.3, -0.25) is 4.79 Å². The second kappa shape index (κ2) is 5.43. The van der Waals surface area contributed by atoms with E-state index in [9.17, 15) is 9.59 Å². The number of amides is 1. The van der Waals surface area contributed by atoms with Gasteiger partial charge in [0.15, 0.2) is 0 Å². The molecular weight excluding hydrogens is 242 g/mol. The van der Waals surface area contributed by atoms with E-state index in [2.05, 4.69) is 0 Å². The van der Waals surface area contributed by atoms with Crippen molar-refractivity contribution in [2.75, 3.05) is 6.54 Å². The number of hydrogen-bond acceptors (Lipinski definition) is 2. The minimum absolute atomic E-state index is 0.00103. The van der Waals surface area contributed by atoms with Gasteiger partial charge in [-0.05, 0) is 30.5 Å². The van der Waals surface area contributed by atoms with E-state index in [0.29, 0.717) is 0 Å². The third kappa shape index (κ3) is 2.78. The average Bonchev–Trinajstić information content (AvgIpc) is 2.86. The number of rotatable bonds is 3. The van der Waals surface area contributed by atoms with Gasteiger partial charge in [-0.2, -0.15) is 0 Å². The van der Waals surface area contributed by atoms with Crippen LogP contribution in [-0.2, 0) is 4.79 Å². The van der Waals surface area contributed by atoms with E-state index in [4.69, 9.17) is 5.11 Å². The lowest BCUT2D eigenvalue weighted by Crippen LogP contribution is -2.33. The highest BCUT2D eigenvalue weighted by Gasteiger charge is 2.30. The first-order valence-corrected chi connectivity index (χ1v) is 6.64. The molecule has 2 rings (SSSR count). The minimum atomic E-state index is -0.923. The van der Waals surface area contributed by atoms with Crippen LogP contribution in [-0.4, -0.2) is 28.4 Å². The van der Waals surface area contributed by atoms with Gasteiger partial charge >= 0.3 is 5.97 Å². The fourth-order valence-electron chi connectivity index (χ4n) is 2.56. The van der Waals surface area contributed by atoms with E-state index in [1.165, 1.54) is 0 Å². The van der Waals surface area contributed by atoms with Crippen LogP contribution in [0.4, 0.5) is 0 Å². The molecule has 1 aliphatic rings. The van der Waals surface area contributed by atoms with Gasteiger partial charge in [-0.25, -0.2) is 4.79 Å². The maximum absolute atomic E-state index is 12.1. The van der Waals surface area contributed by atoms with Gasteiger partial charge in [-0.1, -0.05) is 26.0 Å². The molecule has 1 N–H and O–H groups in total. The first kappa shape index (κ1) is 13.6. The van der Waals surface area contributed by atoms with E-state index >= 15 is 0 Å². The first-order chi connectivity index (χ1) is 9.00. The Hall–Kier alpha value is -1.84. The molecule has 0 saturated carbocycles. The number of carbonyl (C=O) groups excluding carboxylic acids is 1. The lowest BCUT2D eigenvalue weighted by Gasteiger charge is -2.26. The zero-order valence-electron chi connectivity index (χ0n) is 11.3. The van der Waals surface area contributed by atoms with Crippen LogP contribution in [0.2, 0.25) is 0 Å². The van der Waals surface area contributed by atoms with E-state index < -0.39 is 5.97 Å². The Morgan fingerprint density at radius 3 is 2.42 bits per heavy atom.